The number of carbonyl (C=O) groups is 1. The summed E-state index contributed by atoms with van der Waals surface area (Å²) in [4.78, 5) is 22.9. The van der Waals surface area contributed by atoms with Crippen LogP contribution in [0.25, 0.3) is 0 Å². The van der Waals surface area contributed by atoms with Crippen molar-refractivity contribution in [3.8, 4) is 6.07 Å². The van der Waals surface area contributed by atoms with Crippen LogP contribution in [0.4, 0.5) is 24.7 Å². The Bertz CT molecular complexity index is 1020. The molecule has 2 heterocycles. The third-order valence-electron chi connectivity index (χ3n) is 4.60. The number of hydrogen-bond donors (Lipinski definition) is 1. The molecule has 0 radical (unpaired) electrons. The Morgan fingerprint density at radius 3 is 2.57 bits per heavy atom. The van der Waals surface area contributed by atoms with Crippen molar-refractivity contribution in [3.63, 3.8) is 0 Å². The normalized spacial score (nSPS) is 14.8. The molecule has 6 nitrogen and oxygen atoms in total. The van der Waals surface area contributed by atoms with E-state index in [0.29, 0.717) is 10.6 Å². The molecule has 0 spiro atoms. The van der Waals surface area contributed by atoms with Crippen molar-refractivity contribution in [1.82, 2.24) is 9.97 Å². The molecular formula is C19H18F3N5OS2. The predicted octanol–water partition coefficient (Wildman–Crippen LogP) is 4.61. The van der Waals surface area contributed by atoms with E-state index < -0.39 is 16.8 Å². The lowest BCUT2D eigenvalue weighted by molar-refractivity contribution is -0.0328. The van der Waals surface area contributed by atoms with Crippen molar-refractivity contribution < 1.29 is 18.0 Å². The number of nitrogens with zero attached hydrogens (tertiary/aromatic N) is 4. The van der Waals surface area contributed by atoms with Gasteiger partial charge in [-0.2, -0.15) is 18.4 Å². The number of anilines is 2. The SMILES string of the molecule is CCSc1cc(C2(C#N)CC2)cnc1C(=O)N(C)c1ncc(SC(F)(F)F)cc1N. The van der Waals surface area contributed by atoms with Crippen molar-refractivity contribution in [2.45, 2.75) is 40.5 Å². The van der Waals surface area contributed by atoms with Gasteiger partial charge in [-0.05, 0) is 48.1 Å². The van der Waals surface area contributed by atoms with Gasteiger partial charge in [0.25, 0.3) is 5.91 Å². The molecule has 30 heavy (non-hydrogen) atoms. The average Bonchev–Trinajstić information content (AvgIpc) is 3.47. The lowest BCUT2D eigenvalue weighted by Gasteiger charge is -2.20. The van der Waals surface area contributed by atoms with Crippen molar-refractivity contribution >= 4 is 40.9 Å². The lowest BCUT2D eigenvalue weighted by Crippen LogP contribution is -2.29. The molecule has 1 fully saturated rings. The van der Waals surface area contributed by atoms with Gasteiger partial charge in [-0.1, -0.05) is 6.92 Å². The molecule has 1 aliphatic carbocycles. The first-order valence-corrected chi connectivity index (χ1v) is 10.7. The second-order valence-electron chi connectivity index (χ2n) is 6.69. The highest BCUT2D eigenvalue weighted by atomic mass is 32.2. The summed E-state index contributed by atoms with van der Waals surface area (Å²) in [5, 5.41) is 9.42. The van der Waals surface area contributed by atoms with E-state index >= 15 is 0 Å². The van der Waals surface area contributed by atoms with Crippen LogP contribution < -0.4 is 10.6 Å². The Balaban J connectivity index is 1.89. The van der Waals surface area contributed by atoms with Gasteiger partial charge in [-0.15, -0.1) is 11.8 Å². The van der Waals surface area contributed by atoms with E-state index in [-0.39, 0.29) is 33.9 Å². The second kappa shape index (κ2) is 8.35. The number of nitrogen functional groups attached to an aromatic ring is 1. The van der Waals surface area contributed by atoms with Gasteiger partial charge in [-0.25, -0.2) is 9.97 Å². The molecule has 2 aromatic rings. The minimum Gasteiger partial charge on any atom is -0.396 e. The molecule has 0 aromatic carbocycles. The predicted molar refractivity (Wildman–Crippen MR) is 110 cm³/mol. The first kappa shape index (κ1) is 22.2. The third kappa shape index (κ3) is 4.65. The molecule has 1 amide bonds. The molecule has 0 saturated heterocycles. The molecule has 0 unspecified atom stereocenters. The third-order valence-corrected chi connectivity index (χ3v) is 6.20. The summed E-state index contributed by atoms with van der Waals surface area (Å²) in [6.45, 7) is 1.93. The van der Waals surface area contributed by atoms with E-state index in [1.807, 2.05) is 13.0 Å². The van der Waals surface area contributed by atoms with Crippen LogP contribution in [0.1, 0.15) is 35.8 Å². The van der Waals surface area contributed by atoms with E-state index in [1.165, 1.54) is 25.0 Å². The van der Waals surface area contributed by atoms with Crippen LogP contribution in [0.3, 0.4) is 0 Å². The van der Waals surface area contributed by atoms with Gasteiger partial charge in [0.05, 0.1) is 17.2 Å². The number of alkyl halides is 3. The number of rotatable bonds is 6. The minimum absolute atomic E-state index is 0.0422. The van der Waals surface area contributed by atoms with Gasteiger partial charge in [0, 0.05) is 29.2 Å². The lowest BCUT2D eigenvalue weighted by atomic mass is 9.99. The Morgan fingerprint density at radius 1 is 1.33 bits per heavy atom. The molecule has 1 saturated carbocycles. The standard InChI is InChI=1S/C19H18F3N5OS2/c1-3-29-14-6-11(18(10-23)4-5-18)8-25-15(14)17(28)27(2)16-13(24)7-12(9-26-16)30-19(20,21)22/h6-9H,3-5,24H2,1-2H3. The molecule has 158 valence electrons. The first-order valence-electron chi connectivity index (χ1n) is 8.94. The van der Waals surface area contributed by atoms with Crippen LogP contribution in [-0.4, -0.2) is 34.2 Å². The van der Waals surface area contributed by atoms with Gasteiger partial charge in [0.1, 0.15) is 5.69 Å². The van der Waals surface area contributed by atoms with Crippen LogP contribution in [0.5, 0.6) is 0 Å². The maximum absolute atomic E-state index is 13.1. The fraction of sp³-hybridized carbons (Fsp3) is 0.368. The summed E-state index contributed by atoms with van der Waals surface area (Å²) in [7, 11) is 1.44. The van der Waals surface area contributed by atoms with Crippen molar-refractivity contribution in [1.29, 1.82) is 5.26 Å². The summed E-state index contributed by atoms with van der Waals surface area (Å²) < 4.78 is 37.6. The van der Waals surface area contributed by atoms with Gasteiger partial charge < -0.3 is 5.73 Å². The van der Waals surface area contributed by atoms with E-state index in [0.717, 1.165) is 35.6 Å². The zero-order valence-corrected chi connectivity index (χ0v) is 17.8. The van der Waals surface area contributed by atoms with Crippen LogP contribution in [0.2, 0.25) is 0 Å². The number of pyridine rings is 2. The number of halogens is 3. The Hall–Kier alpha value is -2.45. The molecule has 0 atom stereocenters. The maximum Gasteiger partial charge on any atom is 0.446 e. The van der Waals surface area contributed by atoms with Crippen molar-refractivity contribution in [3.05, 3.63) is 35.8 Å². The quantitative estimate of drug-likeness (QED) is 0.638. The Kier molecular flexibility index (Phi) is 6.19. The Labute approximate surface area is 180 Å². The Morgan fingerprint density at radius 2 is 2.03 bits per heavy atom. The number of thioether (sulfide) groups is 2. The summed E-state index contributed by atoms with van der Waals surface area (Å²) in [5.41, 5.74) is 1.78. The number of nitrogens with two attached hydrogens (primary N) is 1. The molecule has 0 bridgehead atoms. The average molecular weight is 454 g/mol. The van der Waals surface area contributed by atoms with E-state index in [4.69, 9.17) is 5.73 Å². The van der Waals surface area contributed by atoms with E-state index in [2.05, 4.69) is 16.0 Å². The van der Waals surface area contributed by atoms with Crippen LogP contribution >= 0.6 is 23.5 Å². The number of hydrogen-bond acceptors (Lipinski definition) is 7. The van der Waals surface area contributed by atoms with Crippen molar-refractivity contribution in [2.75, 3.05) is 23.4 Å². The maximum atomic E-state index is 13.1. The van der Waals surface area contributed by atoms with Gasteiger partial charge in [-0.3, -0.25) is 9.69 Å². The van der Waals surface area contributed by atoms with Crippen LogP contribution in [0, 0.1) is 11.3 Å². The molecule has 0 aliphatic heterocycles. The van der Waals surface area contributed by atoms with Gasteiger partial charge >= 0.3 is 5.51 Å². The number of nitriles is 1. The summed E-state index contributed by atoms with van der Waals surface area (Å²) in [6, 6.07) is 5.26. The van der Waals surface area contributed by atoms with E-state index in [1.54, 1.807) is 0 Å². The molecule has 1 aliphatic rings. The smallest absolute Gasteiger partial charge is 0.396 e. The van der Waals surface area contributed by atoms with Gasteiger partial charge in [0.15, 0.2) is 5.82 Å². The number of amides is 1. The number of aromatic nitrogens is 2. The molecule has 2 N–H and O–H groups in total. The molecule has 3 rings (SSSR count). The molecule has 2 aromatic heterocycles. The first-order chi connectivity index (χ1) is 14.1. The van der Waals surface area contributed by atoms with Crippen LogP contribution in [0.15, 0.2) is 34.3 Å². The highest BCUT2D eigenvalue weighted by molar-refractivity contribution is 8.00. The van der Waals surface area contributed by atoms with E-state index in [9.17, 15) is 23.2 Å². The number of carbonyl (C=O) groups excluding carboxylic acids is 1. The van der Waals surface area contributed by atoms with Crippen LogP contribution in [-0.2, 0) is 5.41 Å². The second-order valence-corrected chi connectivity index (χ2v) is 9.14. The summed E-state index contributed by atoms with van der Waals surface area (Å²) >= 11 is 1.10. The fourth-order valence-corrected chi connectivity index (χ4v) is 4.26. The largest absolute Gasteiger partial charge is 0.446 e. The highest BCUT2D eigenvalue weighted by Crippen LogP contribution is 2.48. The van der Waals surface area contributed by atoms with Gasteiger partial charge in [0.2, 0.25) is 0 Å². The fourth-order valence-electron chi connectivity index (χ4n) is 2.90. The highest BCUT2D eigenvalue weighted by Gasteiger charge is 2.45. The summed E-state index contributed by atoms with van der Waals surface area (Å²) in [6.07, 6.45) is 4.08. The topological polar surface area (TPSA) is 95.9 Å². The minimum atomic E-state index is -4.46. The monoisotopic (exact) mass is 453 g/mol. The molecular weight excluding hydrogens is 435 g/mol. The zero-order chi connectivity index (χ0) is 22.1. The zero-order valence-electron chi connectivity index (χ0n) is 16.2. The molecule has 11 heteroatoms. The summed E-state index contributed by atoms with van der Waals surface area (Å²) in [5.74, 6) is 0.244. The van der Waals surface area contributed by atoms with Crippen molar-refractivity contribution in [2.24, 2.45) is 0 Å².